The molecule has 2 heterocycles. The lowest BCUT2D eigenvalue weighted by Crippen LogP contribution is -2.45. The minimum atomic E-state index is 0. The van der Waals surface area contributed by atoms with E-state index in [1.165, 1.54) is 5.56 Å². The van der Waals surface area contributed by atoms with E-state index in [0.717, 1.165) is 30.9 Å². The van der Waals surface area contributed by atoms with Crippen molar-refractivity contribution in [3.8, 4) is 17.2 Å². The van der Waals surface area contributed by atoms with Gasteiger partial charge >= 0.3 is 0 Å². The molecular weight excluding hydrogens is 364 g/mol. The lowest BCUT2D eigenvalue weighted by Gasteiger charge is -2.36. The van der Waals surface area contributed by atoms with Gasteiger partial charge in [0.15, 0.2) is 5.82 Å². The van der Waals surface area contributed by atoms with Gasteiger partial charge in [0.05, 0.1) is 19.7 Å². The second kappa shape index (κ2) is 8.99. The first-order valence-corrected chi connectivity index (χ1v) is 8.81. The number of methoxy groups -OCH3 is 1. The molecule has 1 N–H and O–H groups in total. The summed E-state index contributed by atoms with van der Waals surface area (Å²) >= 11 is 0. The van der Waals surface area contributed by atoms with Crippen molar-refractivity contribution in [3.63, 3.8) is 0 Å². The Balaban J connectivity index is 0.00000210. The lowest BCUT2D eigenvalue weighted by molar-refractivity contribution is 0.146. The lowest BCUT2D eigenvalue weighted by atomic mass is 10.0. The number of nitrogens with one attached hydrogen (secondary N) is 1. The summed E-state index contributed by atoms with van der Waals surface area (Å²) in [4.78, 5) is 6.94. The number of hydrogen-bond acceptors (Lipinski definition) is 6. The molecule has 0 amide bonds. The van der Waals surface area contributed by atoms with Crippen LogP contribution in [-0.4, -0.2) is 41.8 Å². The molecule has 1 aliphatic heterocycles. The SMILES string of the molecule is COc1ccccc1C1CNCCN1Cc1noc(-c2ccccc2)n1.Cl. The normalized spacial score (nSPS) is 17.3. The van der Waals surface area contributed by atoms with E-state index in [0.29, 0.717) is 18.3 Å². The average molecular weight is 387 g/mol. The number of piperazine rings is 1. The van der Waals surface area contributed by atoms with Crippen LogP contribution in [0.1, 0.15) is 17.4 Å². The zero-order valence-corrected chi connectivity index (χ0v) is 16.0. The van der Waals surface area contributed by atoms with E-state index in [2.05, 4.69) is 26.4 Å². The van der Waals surface area contributed by atoms with E-state index >= 15 is 0 Å². The maximum atomic E-state index is 5.55. The van der Waals surface area contributed by atoms with E-state index in [1.807, 2.05) is 48.5 Å². The van der Waals surface area contributed by atoms with Crippen molar-refractivity contribution < 1.29 is 9.26 Å². The van der Waals surface area contributed by atoms with Crippen LogP contribution < -0.4 is 10.1 Å². The molecule has 0 spiro atoms. The van der Waals surface area contributed by atoms with Gasteiger partial charge in [0.1, 0.15) is 5.75 Å². The Labute approximate surface area is 164 Å². The largest absolute Gasteiger partial charge is 0.496 e. The van der Waals surface area contributed by atoms with Gasteiger partial charge < -0.3 is 14.6 Å². The zero-order chi connectivity index (χ0) is 17.8. The van der Waals surface area contributed by atoms with Gasteiger partial charge in [-0.15, -0.1) is 12.4 Å². The quantitative estimate of drug-likeness (QED) is 0.725. The molecule has 1 aliphatic rings. The standard InChI is InChI=1S/C20H22N4O2.ClH/c1-25-18-10-6-5-9-16(18)17-13-21-11-12-24(17)14-19-22-20(26-23-19)15-7-3-2-4-8-15;/h2-10,17,21H,11-14H2,1H3;1H. The fourth-order valence-electron chi connectivity index (χ4n) is 3.38. The van der Waals surface area contributed by atoms with Crippen LogP contribution in [0.4, 0.5) is 0 Å². The second-order valence-electron chi connectivity index (χ2n) is 6.31. The van der Waals surface area contributed by atoms with Crippen molar-refractivity contribution in [3.05, 3.63) is 66.0 Å². The van der Waals surface area contributed by atoms with Gasteiger partial charge in [-0.1, -0.05) is 41.6 Å². The number of ether oxygens (including phenoxy) is 1. The highest BCUT2D eigenvalue weighted by atomic mass is 35.5. The first-order chi connectivity index (χ1) is 12.8. The summed E-state index contributed by atoms with van der Waals surface area (Å²) in [5.74, 6) is 2.17. The molecule has 1 fully saturated rings. The summed E-state index contributed by atoms with van der Waals surface area (Å²) in [5, 5.41) is 7.65. The maximum Gasteiger partial charge on any atom is 0.257 e. The fraction of sp³-hybridized carbons (Fsp3) is 0.300. The van der Waals surface area contributed by atoms with E-state index in [4.69, 9.17) is 9.26 Å². The first-order valence-electron chi connectivity index (χ1n) is 8.81. The molecule has 0 aliphatic carbocycles. The van der Waals surface area contributed by atoms with Gasteiger partial charge in [-0.05, 0) is 18.2 Å². The van der Waals surface area contributed by atoms with Crippen LogP contribution in [0.5, 0.6) is 5.75 Å². The molecule has 0 bridgehead atoms. The Morgan fingerprint density at radius 3 is 2.74 bits per heavy atom. The van der Waals surface area contributed by atoms with Gasteiger partial charge in [-0.3, -0.25) is 4.90 Å². The van der Waals surface area contributed by atoms with E-state index in [9.17, 15) is 0 Å². The predicted molar refractivity (Wildman–Crippen MR) is 106 cm³/mol. The van der Waals surface area contributed by atoms with Crippen LogP contribution in [-0.2, 0) is 6.54 Å². The molecule has 1 aromatic heterocycles. The summed E-state index contributed by atoms with van der Waals surface area (Å²) in [6.45, 7) is 3.36. The third-order valence-corrected chi connectivity index (χ3v) is 4.69. The molecule has 2 aromatic carbocycles. The molecule has 0 radical (unpaired) electrons. The predicted octanol–water partition coefficient (Wildman–Crippen LogP) is 3.31. The van der Waals surface area contributed by atoms with E-state index < -0.39 is 0 Å². The van der Waals surface area contributed by atoms with E-state index in [1.54, 1.807) is 7.11 Å². The first kappa shape index (κ1) is 19.4. The number of aromatic nitrogens is 2. The topological polar surface area (TPSA) is 63.4 Å². The van der Waals surface area contributed by atoms with Crippen molar-refractivity contribution in [2.45, 2.75) is 12.6 Å². The van der Waals surface area contributed by atoms with Crippen molar-refractivity contribution >= 4 is 12.4 Å². The third kappa shape index (κ3) is 4.30. The van der Waals surface area contributed by atoms with Crippen LogP contribution in [0.15, 0.2) is 59.1 Å². The summed E-state index contributed by atoms with van der Waals surface area (Å²) < 4.78 is 11.0. The number of para-hydroxylation sites is 1. The van der Waals surface area contributed by atoms with Crippen molar-refractivity contribution in [2.75, 3.05) is 26.7 Å². The molecule has 7 heteroatoms. The number of halogens is 1. The molecule has 1 saturated heterocycles. The summed E-state index contributed by atoms with van der Waals surface area (Å²) in [5.41, 5.74) is 2.11. The van der Waals surface area contributed by atoms with Gasteiger partial charge in [0.25, 0.3) is 5.89 Å². The van der Waals surface area contributed by atoms with Crippen molar-refractivity contribution in [2.24, 2.45) is 0 Å². The molecular formula is C20H23ClN4O2. The monoisotopic (exact) mass is 386 g/mol. The van der Waals surface area contributed by atoms with Crippen LogP contribution in [0.3, 0.4) is 0 Å². The Kier molecular flexibility index (Phi) is 6.45. The summed E-state index contributed by atoms with van der Waals surface area (Å²) in [7, 11) is 1.71. The smallest absolute Gasteiger partial charge is 0.257 e. The highest BCUT2D eigenvalue weighted by Gasteiger charge is 2.27. The molecule has 6 nitrogen and oxygen atoms in total. The summed E-state index contributed by atoms with van der Waals surface area (Å²) in [6, 6.07) is 18.2. The van der Waals surface area contributed by atoms with E-state index in [-0.39, 0.29) is 18.4 Å². The van der Waals surface area contributed by atoms with Crippen LogP contribution >= 0.6 is 12.4 Å². The Morgan fingerprint density at radius 2 is 1.93 bits per heavy atom. The number of benzene rings is 2. The van der Waals surface area contributed by atoms with Gasteiger partial charge in [-0.2, -0.15) is 4.98 Å². The third-order valence-electron chi connectivity index (χ3n) is 4.69. The zero-order valence-electron chi connectivity index (χ0n) is 15.2. The highest BCUT2D eigenvalue weighted by Crippen LogP contribution is 2.31. The van der Waals surface area contributed by atoms with Crippen LogP contribution in [0, 0.1) is 0 Å². The highest BCUT2D eigenvalue weighted by molar-refractivity contribution is 5.85. The van der Waals surface area contributed by atoms with Crippen molar-refractivity contribution in [1.29, 1.82) is 0 Å². The molecule has 142 valence electrons. The molecule has 3 aromatic rings. The Morgan fingerprint density at radius 1 is 1.15 bits per heavy atom. The van der Waals surface area contributed by atoms with Crippen LogP contribution in [0.25, 0.3) is 11.5 Å². The second-order valence-corrected chi connectivity index (χ2v) is 6.31. The number of nitrogens with zero attached hydrogens (tertiary/aromatic N) is 3. The Hall–Kier alpha value is -2.41. The van der Waals surface area contributed by atoms with Gasteiger partial charge in [0.2, 0.25) is 0 Å². The molecule has 0 saturated carbocycles. The minimum absolute atomic E-state index is 0. The number of hydrogen-bond donors (Lipinski definition) is 1. The number of rotatable bonds is 5. The van der Waals surface area contributed by atoms with Crippen molar-refractivity contribution in [1.82, 2.24) is 20.4 Å². The average Bonchev–Trinajstić information content (AvgIpc) is 3.18. The molecule has 27 heavy (non-hydrogen) atoms. The minimum Gasteiger partial charge on any atom is -0.496 e. The summed E-state index contributed by atoms with van der Waals surface area (Å²) in [6.07, 6.45) is 0. The maximum absolute atomic E-state index is 5.55. The molecule has 4 rings (SSSR count). The van der Waals surface area contributed by atoms with Gasteiger partial charge in [-0.25, -0.2) is 0 Å². The molecule has 1 unspecified atom stereocenters. The fourth-order valence-corrected chi connectivity index (χ4v) is 3.38. The Bertz CT molecular complexity index is 856. The molecule has 1 atom stereocenters. The van der Waals surface area contributed by atoms with Crippen LogP contribution in [0.2, 0.25) is 0 Å². The van der Waals surface area contributed by atoms with Gasteiger partial charge in [0, 0.05) is 30.8 Å².